The van der Waals surface area contributed by atoms with Gasteiger partial charge in [0, 0.05) is 6.54 Å². The third-order valence-corrected chi connectivity index (χ3v) is 3.49. The Bertz CT molecular complexity index is 438. The highest BCUT2D eigenvalue weighted by atomic mass is 16.5. The fraction of sp³-hybridized carbons (Fsp3) is 0.533. The monoisotopic (exact) mass is 263 g/mol. The maximum Gasteiger partial charge on any atom is 0.320 e. The van der Waals surface area contributed by atoms with Crippen molar-refractivity contribution in [3.63, 3.8) is 0 Å². The number of benzene rings is 1. The number of rotatable bonds is 5. The molecule has 1 heterocycles. The molecule has 0 radical (unpaired) electrons. The van der Waals surface area contributed by atoms with Crippen LogP contribution < -0.4 is 4.74 Å². The lowest BCUT2D eigenvalue weighted by atomic mass is 10.1. The number of likely N-dealkylation sites (tertiary alicyclic amines) is 1. The van der Waals surface area contributed by atoms with E-state index in [-0.39, 0.29) is 6.04 Å². The lowest BCUT2D eigenvalue weighted by Gasteiger charge is -2.21. The van der Waals surface area contributed by atoms with Gasteiger partial charge in [-0.25, -0.2) is 0 Å². The summed E-state index contributed by atoms with van der Waals surface area (Å²) in [7, 11) is 0. The Balaban J connectivity index is 1.84. The number of hydrogen-bond acceptors (Lipinski definition) is 3. The molecule has 4 nitrogen and oxygen atoms in total. The molecule has 4 heteroatoms. The lowest BCUT2D eigenvalue weighted by Crippen LogP contribution is -2.38. The van der Waals surface area contributed by atoms with Gasteiger partial charge in [0.2, 0.25) is 0 Å². The van der Waals surface area contributed by atoms with Gasteiger partial charge in [0.05, 0.1) is 0 Å². The fourth-order valence-corrected chi connectivity index (χ4v) is 2.67. The number of carboxylic acids is 1. The van der Waals surface area contributed by atoms with E-state index in [0.29, 0.717) is 13.2 Å². The van der Waals surface area contributed by atoms with Crippen LogP contribution >= 0.6 is 0 Å². The highest BCUT2D eigenvalue weighted by Crippen LogP contribution is 2.18. The third kappa shape index (κ3) is 3.70. The molecule has 0 bridgehead atoms. The molecule has 0 amide bonds. The Morgan fingerprint density at radius 1 is 1.37 bits per heavy atom. The molecule has 0 saturated carbocycles. The predicted octanol–water partition coefficient (Wildman–Crippen LogP) is 2.23. The maximum atomic E-state index is 11.1. The van der Waals surface area contributed by atoms with Crippen LogP contribution in [-0.2, 0) is 4.79 Å². The zero-order chi connectivity index (χ0) is 13.8. The number of aryl methyl sites for hydroxylation is 2. The molecule has 2 rings (SSSR count). The molecular formula is C15H21NO3. The Morgan fingerprint density at radius 2 is 2.05 bits per heavy atom. The topological polar surface area (TPSA) is 49.8 Å². The number of nitrogens with zero attached hydrogens (tertiary/aromatic N) is 1. The number of aliphatic carboxylic acids is 1. The van der Waals surface area contributed by atoms with Crippen LogP contribution in [0.25, 0.3) is 0 Å². The first-order valence-corrected chi connectivity index (χ1v) is 6.74. The summed E-state index contributed by atoms with van der Waals surface area (Å²) in [5, 5.41) is 9.09. The van der Waals surface area contributed by atoms with Gasteiger partial charge < -0.3 is 9.84 Å². The van der Waals surface area contributed by atoms with E-state index >= 15 is 0 Å². The van der Waals surface area contributed by atoms with Crippen molar-refractivity contribution >= 4 is 5.97 Å². The van der Waals surface area contributed by atoms with E-state index in [1.807, 2.05) is 30.9 Å². The molecule has 1 N–H and O–H groups in total. The van der Waals surface area contributed by atoms with Gasteiger partial charge in [0.25, 0.3) is 0 Å². The van der Waals surface area contributed by atoms with Crippen molar-refractivity contribution in [2.45, 2.75) is 32.7 Å². The molecule has 104 valence electrons. The Hall–Kier alpha value is -1.55. The van der Waals surface area contributed by atoms with Crippen molar-refractivity contribution in [2.75, 3.05) is 19.7 Å². The molecule has 1 fully saturated rings. The normalized spacial score (nSPS) is 19.6. The average molecular weight is 263 g/mol. The minimum Gasteiger partial charge on any atom is -0.492 e. The number of ether oxygens (including phenoxy) is 1. The Morgan fingerprint density at radius 3 is 2.68 bits per heavy atom. The van der Waals surface area contributed by atoms with Gasteiger partial charge >= 0.3 is 5.97 Å². The molecule has 1 aliphatic rings. The van der Waals surface area contributed by atoms with Gasteiger partial charge in [-0.3, -0.25) is 9.69 Å². The molecule has 1 saturated heterocycles. The molecule has 1 aromatic rings. The van der Waals surface area contributed by atoms with E-state index in [1.165, 1.54) is 11.1 Å². The van der Waals surface area contributed by atoms with Crippen molar-refractivity contribution in [2.24, 2.45) is 0 Å². The van der Waals surface area contributed by atoms with Gasteiger partial charge in [-0.1, -0.05) is 6.07 Å². The van der Waals surface area contributed by atoms with Gasteiger partial charge in [-0.2, -0.15) is 0 Å². The molecule has 0 aliphatic carbocycles. The molecule has 0 aromatic heterocycles. The number of carboxylic acid groups (broad SMARTS) is 1. The van der Waals surface area contributed by atoms with Crippen molar-refractivity contribution in [3.8, 4) is 5.75 Å². The van der Waals surface area contributed by atoms with Crippen molar-refractivity contribution in [1.82, 2.24) is 4.90 Å². The highest BCUT2D eigenvalue weighted by Gasteiger charge is 2.29. The zero-order valence-electron chi connectivity index (χ0n) is 11.6. The number of carbonyl (C=O) groups is 1. The first kappa shape index (κ1) is 13.9. The van der Waals surface area contributed by atoms with E-state index in [4.69, 9.17) is 9.84 Å². The molecular weight excluding hydrogens is 242 g/mol. The van der Waals surface area contributed by atoms with Crippen molar-refractivity contribution in [1.29, 1.82) is 0 Å². The number of hydrogen-bond donors (Lipinski definition) is 1. The Labute approximate surface area is 114 Å². The summed E-state index contributed by atoms with van der Waals surface area (Å²) in [5.41, 5.74) is 2.36. The smallest absolute Gasteiger partial charge is 0.320 e. The first-order valence-electron chi connectivity index (χ1n) is 6.74. The SMILES string of the molecule is Cc1cc(C)cc(OCCN2CCCC2C(=O)O)c1. The van der Waals surface area contributed by atoms with Crippen LogP contribution in [0.15, 0.2) is 18.2 Å². The van der Waals surface area contributed by atoms with Crippen LogP contribution in [0.3, 0.4) is 0 Å². The molecule has 1 unspecified atom stereocenters. The van der Waals surface area contributed by atoms with Crippen LogP contribution in [-0.4, -0.2) is 41.7 Å². The predicted molar refractivity (Wildman–Crippen MR) is 73.6 cm³/mol. The first-order chi connectivity index (χ1) is 9.06. The second-order valence-electron chi connectivity index (χ2n) is 5.20. The van der Waals surface area contributed by atoms with Crippen LogP contribution in [0, 0.1) is 13.8 Å². The van der Waals surface area contributed by atoms with E-state index in [2.05, 4.69) is 6.07 Å². The summed E-state index contributed by atoms with van der Waals surface area (Å²) in [6, 6.07) is 5.79. The van der Waals surface area contributed by atoms with Crippen LogP contribution in [0.5, 0.6) is 5.75 Å². The van der Waals surface area contributed by atoms with Crippen molar-refractivity contribution < 1.29 is 14.6 Å². The van der Waals surface area contributed by atoms with Crippen LogP contribution in [0.1, 0.15) is 24.0 Å². The standard InChI is InChI=1S/C15H21NO3/c1-11-8-12(2)10-13(9-11)19-7-6-16-5-3-4-14(16)15(17)18/h8-10,14H,3-7H2,1-2H3,(H,17,18). The average Bonchev–Trinajstić information content (AvgIpc) is 2.76. The highest BCUT2D eigenvalue weighted by molar-refractivity contribution is 5.73. The van der Waals surface area contributed by atoms with Crippen LogP contribution in [0.4, 0.5) is 0 Å². The van der Waals surface area contributed by atoms with Crippen molar-refractivity contribution in [3.05, 3.63) is 29.3 Å². The summed E-state index contributed by atoms with van der Waals surface area (Å²) in [4.78, 5) is 13.0. The molecule has 0 spiro atoms. The van der Waals surface area contributed by atoms with Gasteiger partial charge in [0.1, 0.15) is 18.4 Å². The minimum atomic E-state index is -0.719. The van der Waals surface area contributed by atoms with E-state index in [0.717, 1.165) is 25.1 Å². The molecule has 19 heavy (non-hydrogen) atoms. The molecule has 1 aromatic carbocycles. The second kappa shape index (κ2) is 6.06. The fourth-order valence-electron chi connectivity index (χ4n) is 2.67. The summed E-state index contributed by atoms with van der Waals surface area (Å²) >= 11 is 0. The van der Waals surface area contributed by atoms with E-state index in [9.17, 15) is 4.79 Å². The van der Waals surface area contributed by atoms with E-state index in [1.54, 1.807) is 0 Å². The third-order valence-electron chi connectivity index (χ3n) is 3.49. The minimum absolute atomic E-state index is 0.331. The van der Waals surface area contributed by atoms with E-state index < -0.39 is 5.97 Å². The zero-order valence-corrected chi connectivity index (χ0v) is 11.6. The summed E-state index contributed by atoms with van der Waals surface area (Å²) in [5.74, 6) is 0.146. The largest absolute Gasteiger partial charge is 0.492 e. The lowest BCUT2D eigenvalue weighted by molar-refractivity contribution is -0.142. The molecule has 1 aliphatic heterocycles. The quantitative estimate of drug-likeness (QED) is 0.885. The summed E-state index contributed by atoms with van der Waals surface area (Å²) in [6.45, 7) is 6.14. The van der Waals surface area contributed by atoms with Crippen LogP contribution in [0.2, 0.25) is 0 Å². The second-order valence-corrected chi connectivity index (χ2v) is 5.20. The maximum absolute atomic E-state index is 11.1. The van der Waals surface area contributed by atoms with Gasteiger partial charge in [0.15, 0.2) is 0 Å². The summed E-state index contributed by atoms with van der Waals surface area (Å²) < 4.78 is 5.72. The summed E-state index contributed by atoms with van der Waals surface area (Å²) in [6.07, 6.45) is 1.71. The van der Waals surface area contributed by atoms with Gasteiger partial charge in [-0.05, 0) is 56.5 Å². The molecule has 1 atom stereocenters. The van der Waals surface area contributed by atoms with Gasteiger partial charge in [-0.15, -0.1) is 0 Å². The Kier molecular flexibility index (Phi) is 4.43.